The number of rotatable bonds is 8. The van der Waals surface area contributed by atoms with Gasteiger partial charge in [-0.3, -0.25) is 9.59 Å². The second kappa shape index (κ2) is 9.15. The predicted octanol–water partition coefficient (Wildman–Crippen LogP) is 4.84. The minimum Gasteiger partial charge on any atom is -0.380 e. The van der Waals surface area contributed by atoms with Crippen molar-refractivity contribution in [3.8, 4) is 0 Å². The molecule has 0 aliphatic heterocycles. The number of halogens is 3. The van der Waals surface area contributed by atoms with Crippen LogP contribution in [0.15, 0.2) is 82.5 Å². The lowest BCUT2D eigenvalue weighted by Gasteiger charge is -2.15. The summed E-state index contributed by atoms with van der Waals surface area (Å²) in [5.74, 6) is 0.358. The lowest BCUT2D eigenvalue weighted by molar-refractivity contribution is -0.137. The largest absolute Gasteiger partial charge is 0.416 e. The van der Waals surface area contributed by atoms with Crippen molar-refractivity contribution in [2.45, 2.75) is 12.6 Å². The predicted molar refractivity (Wildman–Crippen MR) is 122 cm³/mol. The molecular weight excluding hydrogens is 433 g/mol. The van der Waals surface area contributed by atoms with Crippen LogP contribution in [-0.2, 0) is 12.6 Å². The third-order valence-corrected chi connectivity index (χ3v) is 4.98. The molecule has 3 N–H and O–H groups in total. The Labute approximate surface area is 186 Å². The summed E-state index contributed by atoms with van der Waals surface area (Å²) in [6.45, 7) is 0.487. The third-order valence-electron chi connectivity index (χ3n) is 4.98. The van der Waals surface area contributed by atoms with E-state index >= 15 is 0 Å². The van der Waals surface area contributed by atoms with Gasteiger partial charge in [-0.2, -0.15) is 13.2 Å². The van der Waals surface area contributed by atoms with Gasteiger partial charge in [0.25, 0.3) is 10.9 Å². The summed E-state index contributed by atoms with van der Waals surface area (Å²) >= 11 is 0. The molecule has 4 aromatic rings. The van der Waals surface area contributed by atoms with E-state index in [1.165, 1.54) is 18.3 Å². The molecule has 33 heavy (non-hydrogen) atoms. The first-order chi connectivity index (χ1) is 15.8. The third kappa shape index (κ3) is 5.20. The quantitative estimate of drug-likeness (QED) is 0.332. The molecule has 0 amide bonds. The normalized spacial score (nSPS) is 11.4. The van der Waals surface area contributed by atoms with Gasteiger partial charge in [0.2, 0.25) is 0 Å². The van der Waals surface area contributed by atoms with Crippen LogP contribution >= 0.6 is 0 Å². The van der Waals surface area contributed by atoms with Crippen molar-refractivity contribution in [2.75, 3.05) is 22.5 Å². The van der Waals surface area contributed by atoms with Gasteiger partial charge < -0.3 is 16.0 Å². The monoisotopic (exact) mass is 452 g/mol. The Morgan fingerprint density at radius 2 is 1.48 bits per heavy atom. The summed E-state index contributed by atoms with van der Waals surface area (Å²) in [6.07, 6.45) is -2.24. The first-order valence-electron chi connectivity index (χ1n) is 10.1. The lowest BCUT2D eigenvalue weighted by Crippen LogP contribution is -2.37. The van der Waals surface area contributed by atoms with E-state index in [2.05, 4.69) is 20.9 Å². The second-order valence-corrected chi connectivity index (χ2v) is 7.33. The molecule has 3 aromatic carbocycles. The first-order valence-corrected chi connectivity index (χ1v) is 10.1. The zero-order chi connectivity index (χ0) is 23.4. The van der Waals surface area contributed by atoms with Crippen molar-refractivity contribution in [3.05, 3.63) is 105 Å². The summed E-state index contributed by atoms with van der Waals surface area (Å²) in [5, 5.41) is 8.86. The fourth-order valence-corrected chi connectivity index (χ4v) is 3.27. The molecule has 0 bridgehead atoms. The standard InChI is InChI=1S/C24H19F3N4O2/c25-24(26,27)16-6-8-17(9-7-16)30-19-14-18(11-13-28-19)31-21-20(22(32)23(21)33)29-12-10-15-4-2-1-3-5-15/h1-9,11,13-14,29H,10,12H2,(H2,28,30,31). The van der Waals surface area contributed by atoms with E-state index in [1.54, 1.807) is 12.1 Å². The summed E-state index contributed by atoms with van der Waals surface area (Å²) in [7, 11) is 0. The Kier molecular flexibility index (Phi) is 6.12. The van der Waals surface area contributed by atoms with Crippen LogP contribution in [0.1, 0.15) is 11.1 Å². The fourth-order valence-electron chi connectivity index (χ4n) is 3.27. The molecule has 0 atom stereocenters. The number of anilines is 5. The Balaban J connectivity index is 1.42. The van der Waals surface area contributed by atoms with Crippen molar-refractivity contribution < 1.29 is 13.2 Å². The number of pyridine rings is 1. The van der Waals surface area contributed by atoms with Crippen LogP contribution in [0.25, 0.3) is 0 Å². The average Bonchev–Trinajstić information content (AvgIpc) is 2.81. The zero-order valence-corrected chi connectivity index (χ0v) is 17.2. The van der Waals surface area contributed by atoms with Gasteiger partial charge in [-0.1, -0.05) is 30.3 Å². The number of hydrogen-bond acceptors (Lipinski definition) is 6. The maximum atomic E-state index is 12.7. The minimum absolute atomic E-state index is 0.166. The molecule has 9 heteroatoms. The van der Waals surface area contributed by atoms with Crippen LogP contribution in [0.5, 0.6) is 0 Å². The molecule has 0 spiro atoms. The van der Waals surface area contributed by atoms with Crippen molar-refractivity contribution >= 4 is 28.6 Å². The van der Waals surface area contributed by atoms with E-state index in [4.69, 9.17) is 0 Å². The topological polar surface area (TPSA) is 83.1 Å². The number of alkyl halides is 3. The summed E-state index contributed by atoms with van der Waals surface area (Å²) < 4.78 is 38.1. The molecule has 168 valence electrons. The molecule has 1 heterocycles. The van der Waals surface area contributed by atoms with E-state index in [0.29, 0.717) is 30.2 Å². The van der Waals surface area contributed by atoms with Crippen LogP contribution in [0.2, 0.25) is 0 Å². The molecule has 0 fully saturated rings. The maximum absolute atomic E-state index is 12.7. The van der Waals surface area contributed by atoms with E-state index in [-0.39, 0.29) is 11.4 Å². The van der Waals surface area contributed by atoms with Gasteiger partial charge in [0.05, 0.1) is 5.56 Å². The SMILES string of the molecule is O=c1c(NCCc2ccccc2)c(Nc2ccnc(Nc3ccc(C(F)(F)F)cc3)c2)c1=O. The van der Waals surface area contributed by atoms with Gasteiger partial charge in [-0.25, -0.2) is 4.98 Å². The van der Waals surface area contributed by atoms with Gasteiger partial charge in [-0.05, 0) is 42.3 Å². The highest BCUT2D eigenvalue weighted by molar-refractivity contribution is 5.79. The molecule has 0 radical (unpaired) electrons. The highest BCUT2D eigenvalue weighted by atomic mass is 19.4. The molecule has 0 aliphatic carbocycles. The number of hydrogen-bond donors (Lipinski definition) is 3. The lowest BCUT2D eigenvalue weighted by atomic mass is 10.1. The van der Waals surface area contributed by atoms with Gasteiger partial charge >= 0.3 is 6.18 Å². The minimum atomic E-state index is -4.41. The van der Waals surface area contributed by atoms with Crippen molar-refractivity contribution in [1.29, 1.82) is 0 Å². The molecule has 6 nitrogen and oxygen atoms in total. The van der Waals surface area contributed by atoms with Crippen LogP contribution in [0, 0.1) is 0 Å². The Hall–Kier alpha value is -4.14. The van der Waals surface area contributed by atoms with Crippen LogP contribution in [0.4, 0.5) is 41.7 Å². The maximum Gasteiger partial charge on any atom is 0.416 e. The summed E-state index contributed by atoms with van der Waals surface area (Å²) in [6, 6.07) is 17.5. The van der Waals surface area contributed by atoms with E-state index in [9.17, 15) is 22.8 Å². The number of nitrogens with one attached hydrogen (secondary N) is 3. The fraction of sp³-hybridized carbons (Fsp3) is 0.125. The van der Waals surface area contributed by atoms with Crippen LogP contribution in [0.3, 0.4) is 0 Å². The summed E-state index contributed by atoms with van der Waals surface area (Å²) in [4.78, 5) is 28.2. The van der Waals surface area contributed by atoms with Crippen molar-refractivity contribution in [3.63, 3.8) is 0 Å². The van der Waals surface area contributed by atoms with Gasteiger partial charge in [-0.15, -0.1) is 0 Å². The molecule has 0 saturated heterocycles. The molecular formula is C24H19F3N4O2. The van der Waals surface area contributed by atoms with Gasteiger partial charge in [0.15, 0.2) is 0 Å². The van der Waals surface area contributed by atoms with Crippen molar-refractivity contribution in [2.24, 2.45) is 0 Å². The molecule has 1 aromatic heterocycles. The van der Waals surface area contributed by atoms with E-state index < -0.39 is 22.6 Å². The highest BCUT2D eigenvalue weighted by Gasteiger charge is 2.30. The van der Waals surface area contributed by atoms with Crippen LogP contribution in [-0.4, -0.2) is 11.5 Å². The van der Waals surface area contributed by atoms with E-state index in [1.807, 2.05) is 30.3 Å². The van der Waals surface area contributed by atoms with Crippen LogP contribution < -0.4 is 26.8 Å². The van der Waals surface area contributed by atoms with Gasteiger partial charge in [0.1, 0.15) is 17.2 Å². The first kappa shape index (κ1) is 22.1. The number of nitrogens with zero attached hydrogens (tertiary/aromatic N) is 1. The second-order valence-electron chi connectivity index (χ2n) is 7.33. The molecule has 0 saturated carbocycles. The number of aromatic nitrogens is 1. The smallest absolute Gasteiger partial charge is 0.380 e. The van der Waals surface area contributed by atoms with Gasteiger partial charge in [0, 0.05) is 30.2 Å². The summed E-state index contributed by atoms with van der Waals surface area (Å²) in [5.41, 5.74) is 0.469. The Morgan fingerprint density at radius 3 is 2.18 bits per heavy atom. The number of benzene rings is 2. The molecule has 0 aliphatic rings. The Bertz CT molecular complexity index is 1310. The average molecular weight is 452 g/mol. The van der Waals surface area contributed by atoms with Crippen molar-refractivity contribution in [1.82, 2.24) is 4.98 Å². The molecule has 4 rings (SSSR count). The molecule has 0 unspecified atom stereocenters. The van der Waals surface area contributed by atoms with E-state index in [0.717, 1.165) is 17.7 Å². The Morgan fingerprint density at radius 1 is 0.788 bits per heavy atom. The highest BCUT2D eigenvalue weighted by Crippen LogP contribution is 2.30. The zero-order valence-electron chi connectivity index (χ0n) is 17.2.